The molecule has 136 valence electrons. The van der Waals surface area contributed by atoms with Gasteiger partial charge in [0.05, 0.1) is 16.0 Å². The molecule has 0 aliphatic carbocycles. The van der Waals surface area contributed by atoms with Crippen LogP contribution in [0.1, 0.15) is 57.0 Å². The molecule has 3 rings (SSSR count). The maximum absolute atomic E-state index is 12.0. The lowest BCUT2D eigenvalue weighted by Crippen LogP contribution is -2.34. The van der Waals surface area contributed by atoms with Crippen molar-refractivity contribution in [1.82, 2.24) is 10.3 Å². The van der Waals surface area contributed by atoms with Crippen LogP contribution in [0.2, 0.25) is 0 Å². The number of nitrogens with zero attached hydrogens (tertiary/aromatic N) is 2. The normalized spacial score (nSPS) is 22.4. The van der Waals surface area contributed by atoms with Crippen LogP contribution >= 0.6 is 11.3 Å². The topological polar surface area (TPSA) is 62.3 Å². The van der Waals surface area contributed by atoms with Gasteiger partial charge in [0.15, 0.2) is 5.13 Å². The fourth-order valence-electron chi connectivity index (χ4n) is 2.95. The highest BCUT2D eigenvalue weighted by Crippen LogP contribution is 2.41. The first-order valence-electron chi connectivity index (χ1n) is 8.84. The van der Waals surface area contributed by atoms with Gasteiger partial charge >= 0.3 is 0 Å². The van der Waals surface area contributed by atoms with Gasteiger partial charge in [-0.2, -0.15) is 0 Å². The lowest BCUT2D eigenvalue weighted by molar-refractivity contribution is -0.127. The van der Waals surface area contributed by atoms with Crippen LogP contribution < -0.4 is 10.2 Å². The third-order valence-corrected chi connectivity index (χ3v) is 5.67. The van der Waals surface area contributed by atoms with Gasteiger partial charge in [-0.1, -0.05) is 50.7 Å². The minimum atomic E-state index is -0.558. The quantitative estimate of drug-likeness (QED) is 0.827. The van der Waals surface area contributed by atoms with Crippen molar-refractivity contribution in [1.29, 1.82) is 0 Å². The number of nitrogens with one attached hydrogen (secondary N) is 1. The Labute approximate surface area is 153 Å². The summed E-state index contributed by atoms with van der Waals surface area (Å²) in [6.07, 6.45) is 9.33. The molecule has 2 saturated heterocycles. The fourth-order valence-corrected chi connectivity index (χ4v) is 3.87. The molecule has 0 radical (unpaired) electrons. The summed E-state index contributed by atoms with van der Waals surface area (Å²) in [4.78, 5) is 31.2. The number of carbonyl (C=O) groups excluding carboxylic acids is 2. The number of rotatable bonds is 4. The molecule has 2 fully saturated rings. The zero-order valence-electron chi connectivity index (χ0n) is 15.3. The Hall–Kier alpha value is -1.95. The van der Waals surface area contributed by atoms with Crippen LogP contribution in [-0.2, 0) is 9.59 Å². The van der Waals surface area contributed by atoms with Crippen LogP contribution in [-0.4, -0.2) is 29.9 Å². The summed E-state index contributed by atoms with van der Waals surface area (Å²) in [7, 11) is 0. The van der Waals surface area contributed by atoms with Gasteiger partial charge in [0.1, 0.15) is 0 Å². The number of imide groups is 1. The van der Waals surface area contributed by atoms with E-state index >= 15 is 0 Å². The van der Waals surface area contributed by atoms with Crippen molar-refractivity contribution in [3.05, 3.63) is 23.2 Å². The number of aromatic nitrogens is 1. The molecule has 6 heteroatoms. The summed E-state index contributed by atoms with van der Waals surface area (Å²) < 4.78 is 0. The van der Waals surface area contributed by atoms with Gasteiger partial charge in [-0.05, 0) is 25.5 Å². The van der Waals surface area contributed by atoms with Crippen molar-refractivity contribution in [3.63, 3.8) is 0 Å². The zero-order valence-corrected chi connectivity index (χ0v) is 16.1. The van der Waals surface area contributed by atoms with Gasteiger partial charge in [-0.3, -0.25) is 14.9 Å². The van der Waals surface area contributed by atoms with Gasteiger partial charge in [-0.25, -0.2) is 4.98 Å². The minimum absolute atomic E-state index is 0.135. The average molecular weight is 362 g/mol. The van der Waals surface area contributed by atoms with Gasteiger partial charge < -0.3 is 4.90 Å². The van der Waals surface area contributed by atoms with Crippen LogP contribution in [0.5, 0.6) is 0 Å². The predicted octanol–water partition coefficient (Wildman–Crippen LogP) is 3.87. The first kappa shape index (κ1) is 19.4. The molecule has 0 aromatic carbocycles. The Morgan fingerprint density at radius 1 is 1.36 bits per heavy atom. The first-order valence-corrected chi connectivity index (χ1v) is 9.66. The van der Waals surface area contributed by atoms with Gasteiger partial charge in [-0.15, -0.1) is 0 Å². The Morgan fingerprint density at radius 2 is 2.08 bits per heavy atom. The summed E-state index contributed by atoms with van der Waals surface area (Å²) in [5, 5.41) is 3.31. The van der Waals surface area contributed by atoms with Crippen molar-refractivity contribution in [2.75, 3.05) is 18.0 Å². The van der Waals surface area contributed by atoms with Gasteiger partial charge in [0.2, 0.25) is 11.8 Å². The van der Waals surface area contributed by atoms with Crippen LogP contribution in [0, 0.1) is 5.41 Å². The van der Waals surface area contributed by atoms with Crippen molar-refractivity contribution < 1.29 is 9.59 Å². The molecule has 5 nitrogen and oxygen atoms in total. The number of hydrogen-bond donors (Lipinski definition) is 1. The number of hydrogen-bond acceptors (Lipinski definition) is 5. The van der Waals surface area contributed by atoms with E-state index in [1.54, 1.807) is 17.4 Å². The molecule has 3 heterocycles. The smallest absolute Gasteiger partial charge is 0.235 e. The number of amides is 2. The van der Waals surface area contributed by atoms with E-state index in [1.807, 2.05) is 19.1 Å². The second kappa shape index (κ2) is 8.43. The van der Waals surface area contributed by atoms with Crippen molar-refractivity contribution in [2.45, 2.75) is 46.5 Å². The van der Waals surface area contributed by atoms with E-state index in [9.17, 15) is 9.59 Å². The summed E-state index contributed by atoms with van der Waals surface area (Å²) in [6, 6.07) is 0. The van der Waals surface area contributed by atoms with Crippen LogP contribution in [0.15, 0.2) is 12.7 Å². The molecule has 1 spiro atoms. The SMILES string of the molecule is C=Cc1sc(N2CCC3(CC(=O)NC3=O)C2)nc1/C=C\C.CCCC. The number of anilines is 1. The molecule has 2 aliphatic heterocycles. The summed E-state index contributed by atoms with van der Waals surface area (Å²) in [5.74, 6) is -0.299. The molecule has 1 aromatic rings. The molecule has 2 aliphatic rings. The molecule has 25 heavy (non-hydrogen) atoms. The van der Waals surface area contributed by atoms with E-state index in [0.717, 1.165) is 22.2 Å². The van der Waals surface area contributed by atoms with Crippen LogP contribution in [0.3, 0.4) is 0 Å². The molecule has 0 saturated carbocycles. The van der Waals surface area contributed by atoms with E-state index in [0.29, 0.717) is 19.4 Å². The third-order valence-electron chi connectivity index (χ3n) is 4.54. The van der Waals surface area contributed by atoms with Crippen LogP contribution in [0.4, 0.5) is 5.13 Å². The Kier molecular flexibility index (Phi) is 6.53. The maximum Gasteiger partial charge on any atom is 0.235 e. The van der Waals surface area contributed by atoms with Crippen molar-refractivity contribution in [2.24, 2.45) is 5.41 Å². The molecule has 1 atom stereocenters. The molecule has 0 bridgehead atoms. The van der Waals surface area contributed by atoms with E-state index < -0.39 is 5.41 Å². The lowest BCUT2D eigenvalue weighted by Gasteiger charge is -2.19. The number of allylic oxidation sites excluding steroid dienone is 1. The second-order valence-electron chi connectivity index (χ2n) is 6.46. The Morgan fingerprint density at radius 3 is 2.60 bits per heavy atom. The second-order valence-corrected chi connectivity index (χ2v) is 7.47. The van der Waals surface area contributed by atoms with Crippen molar-refractivity contribution in [3.8, 4) is 0 Å². The summed E-state index contributed by atoms with van der Waals surface area (Å²) >= 11 is 1.57. The number of thiazole rings is 1. The van der Waals surface area contributed by atoms with Crippen molar-refractivity contribution >= 4 is 40.4 Å². The number of unbranched alkanes of at least 4 members (excludes halogenated alkanes) is 1. The molecule has 1 N–H and O–H groups in total. The third kappa shape index (κ3) is 4.18. The van der Waals surface area contributed by atoms with E-state index in [-0.39, 0.29) is 11.8 Å². The number of carbonyl (C=O) groups is 2. The van der Waals surface area contributed by atoms with Gasteiger partial charge in [0.25, 0.3) is 0 Å². The molecule has 2 amide bonds. The molecule has 1 unspecified atom stereocenters. The molecular formula is C19H27N3O2S. The van der Waals surface area contributed by atoms with Gasteiger partial charge in [0, 0.05) is 19.5 Å². The summed E-state index contributed by atoms with van der Waals surface area (Å²) in [6.45, 7) is 11.4. The average Bonchev–Trinajstić information content (AvgIpc) is 3.27. The highest BCUT2D eigenvalue weighted by atomic mass is 32.1. The standard InChI is InChI=1S/C15H17N3O2S.C4H10/c1-3-5-10-11(4-2)21-14(16-10)18-7-6-15(9-18)8-12(19)17-13(15)20;1-3-4-2/h3-5H,2,6-9H2,1H3,(H,17,19,20);3-4H2,1-2H3/b5-3-;. The highest BCUT2D eigenvalue weighted by molar-refractivity contribution is 7.16. The minimum Gasteiger partial charge on any atom is -0.347 e. The monoisotopic (exact) mass is 361 g/mol. The largest absolute Gasteiger partial charge is 0.347 e. The van der Waals surface area contributed by atoms with Crippen LogP contribution in [0.25, 0.3) is 12.2 Å². The first-order chi connectivity index (χ1) is 12.0. The highest BCUT2D eigenvalue weighted by Gasteiger charge is 2.51. The Balaban J connectivity index is 0.000000511. The van der Waals surface area contributed by atoms with E-state index in [4.69, 9.17) is 0 Å². The molecule has 1 aromatic heterocycles. The maximum atomic E-state index is 12.0. The zero-order chi connectivity index (χ0) is 18.4. The summed E-state index contributed by atoms with van der Waals surface area (Å²) in [5.41, 5.74) is 0.345. The lowest BCUT2D eigenvalue weighted by atomic mass is 9.85. The van der Waals surface area contributed by atoms with E-state index in [1.165, 1.54) is 12.8 Å². The van der Waals surface area contributed by atoms with E-state index in [2.05, 4.69) is 35.6 Å². The fraction of sp³-hybridized carbons (Fsp3) is 0.526. The Bertz CT molecular complexity index is 678. The predicted molar refractivity (Wildman–Crippen MR) is 105 cm³/mol. The molecular weight excluding hydrogens is 334 g/mol.